The second-order valence-corrected chi connectivity index (χ2v) is 7.21. The number of hydrogen-bond acceptors (Lipinski definition) is 4. The first kappa shape index (κ1) is 22.5. The predicted molar refractivity (Wildman–Crippen MR) is 108 cm³/mol. The lowest BCUT2D eigenvalue weighted by Gasteiger charge is -2.14. The van der Waals surface area contributed by atoms with E-state index in [1.165, 1.54) is 28.8 Å². The van der Waals surface area contributed by atoms with Gasteiger partial charge >= 0.3 is 12.1 Å². The summed E-state index contributed by atoms with van der Waals surface area (Å²) in [6.45, 7) is -0.116. The molecular weight excluding hydrogens is 435 g/mol. The SMILES string of the molecule is O=C(O)c1cccc(Cn2c(CCCC(F)(F)F)nc(-c3ccc(Cl)cc3)cc2=O)n1. The van der Waals surface area contributed by atoms with E-state index in [4.69, 9.17) is 16.7 Å². The molecule has 31 heavy (non-hydrogen) atoms. The summed E-state index contributed by atoms with van der Waals surface area (Å²) < 4.78 is 39.1. The molecule has 1 aromatic carbocycles. The standard InChI is InChI=1S/C21H17ClF3N3O3/c22-14-8-6-13(7-9-14)17-11-19(29)28(18(27-17)5-2-10-21(23,24)25)12-15-3-1-4-16(26-15)20(30)31/h1,3-4,6-9,11H,2,5,10,12H2,(H,30,31). The summed E-state index contributed by atoms with van der Waals surface area (Å²) in [5.41, 5.74) is 0.503. The van der Waals surface area contributed by atoms with Crippen molar-refractivity contribution in [3.63, 3.8) is 0 Å². The van der Waals surface area contributed by atoms with Gasteiger partial charge in [-0.15, -0.1) is 0 Å². The monoisotopic (exact) mass is 451 g/mol. The van der Waals surface area contributed by atoms with Gasteiger partial charge < -0.3 is 5.11 Å². The molecule has 0 aliphatic rings. The zero-order valence-corrected chi connectivity index (χ0v) is 16.8. The first-order valence-electron chi connectivity index (χ1n) is 9.25. The molecule has 0 radical (unpaired) electrons. The van der Waals surface area contributed by atoms with Crippen LogP contribution in [0, 0.1) is 0 Å². The molecule has 0 amide bonds. The van der Waals surface area contributed by atoms with Crippen molar-refractivity contribution in [2.75, 3.05) is 0 Å². The van der Waals surface area contributed by atoms with Crippen molar-refractivity contribution in [1.29, 1.82) is 0 Å². The Bertz CT molecular complexity index is 1150. The Balaban J connectivity index is 1.99. The zero-order chi connectivity index (χ0) is 22.6. The molecule has 1 N–H and O–H groups in total. The maximum Gasteiger partial charge on any atom is 0.389 e. The van der Waals surface area contributed by atoms with E-state index in [-0.39, 0.29) is 36.6 Å². The highest BCUT2D eigenvalue weighted by molar-refractivity contribution is 6.30. The maximum absolute atomic E-state index is 12.8. The van der Waals surface area contributed by atoms with Crippen LogP contribution in [0.3, 0.4) is 0 Å². The Morgan fingerprint density at radius 3 is 2.45 bits per heavy atom. The quantitative estimate of drug-likeness (QED) is 0.568. The fraction of sp³-hybridized carbons (Fsp3) is 0.238. The third-order valence-electron chi connectivity index (χ3n) is 4.43. The molecule has 10 heteroatoms. The number of rotatable bonds is 7. The molecule has 0 spiro atoms. The number of pyridine rings is 1. The van der Waals surface area contributed by atoms with Crippen LogP contribution in [0.5, 0.6) is 0 Å². The van der Waals surface area contributed by atoms with Gasteiger partial charge in [0.1, 0.15) is 11.5 Å². The Morgan fingerprint density at radius 1 is 1.10 bits per heavy atom. The minimum Gasteiger partial charge on any atom is -0.477 e. The van der Waals surface area contributed by atoms with Gasteiger partial charge in [-0.1, -0.05) is 29.8 Å². The van der Waals surface area contributed by atoms with Gasteiger partial charge in [-0.3, -0.25) is 9.36 Å². The van der Waals surface area contributed by atoms with Gasteiger partial charge in [0.15, 0.2) is 0 Å². The number of aromatic nitrogens is 3. The molecule has 162 valence electrons. The first-order chi connectivity index (χ1) is 14.6. The second-order valence-electron chi connectivity index (χ2n) is 6.78. The molecular formula is C21H17ClF3N3O3. The van der Waals surface area contributed by atoms with Crippen LogP contribution >= 0.6 is 11.6 Å². The topological polar surface area (TPSA) is 85.1 Å². The second kappa shape index (κ2) is 9.30. The van der Waals surface area contributed by atoms with Crippen molar-refractivity contribution in [2.24, 2.45) is 0 Å². The van der Waals surface area contributed by atoms with Gasteiger partial charge in [0.2, 0.25) is 0 Å². The van der Waals surface area contributed by atoms with E-state index in [9.17, 15) is 22.8 Å². The van der Waals surface area contributed by atoms with Crippen LogP contribution in [-0.2, 0) is 13.0 Å². The molecule has 0 saturated heterocycles. The van der Waals surface area contributed by atoms with Gasteiger partial charge in [-0.25, -0.2) is 14.8 Å². The Hall–Kier alpha value is -3.20. The third-order valence-corrected chi connectivity index (χ3v) is 4.69. The van der Waals surface area contributed by atoms with Crippen molar-refractivity contribution in [3.8, 4) is 11.3 Å². The summed E-state index contributed by atoms with van der Waals surface area (Å²) in [6, 6.07) is 12.2. The minimum absolute atomic E-state index is 0.0885. The third kappa shape index (κ3) is 6.14. The highest BCUT2D eigenvalue weighted by Crippen LogP contribution is 2.23. The number of carbonyl (C=O) groups is 1. The van der Waals surface area contributed by atoms with E-state index in [0.717, 1.165) is 0 Å². The molecule has 0 aliphatic carbocycles. The van der Waals surface area contributed by atoms with Crippen LogP contribution in [-0.4, -0.2) is 31.8 Å². The van der Waals surface area contributed by atoms with Crippen LogP contribution in [0.1, 0.15) is 34.8 Å². The van der Waals surface area contributed by atoms with Crippen molar-refractivity contribution in [1.82, 2.24) is 14.5 Å². The van der Waals surface area contributed by atoms with E-state index in [2.05, 4.69) is 9.97 Å². The average Bonchev–Trinajstić information content (AvgIpc) is 2.70. The fourth-order valence-corrected chi connectivity index (χ4v) is 3.10. The highest BCUT2D eigenvalue weighted by Gasteiger charge is 2.26. The normalized spacial score (nSPS) is 11.5. The highest BCUT2D eigenvalue weighted by atomic mass is 35.5. The largest absolute Gasteiger partial charge is 0.477 e. The molecule has 2 aromatic heterocycles. The first-order valence-corrected chi connectivity index (χ1v) is 9.63. The summed E-state index contributed by atoms with van der Waals surface area (Å²) in [6.07, 6.45) is -5.67. The molecule has 2 heterocycles. The molecule has 3 rings (SSSR count). The zero-order valence-electron chi connectivity index (χ0n) is 16.1. The number of aryl methyl sites for hydroxylation is 1. The van der Waals surface area contributed by atoms with E-state index in [1.54, 1.807) is 24.3 Å². The van der Waals surface area contributed by atoms with Crippen molar-refractivity contribution < 1.29 is 23.1 Å². The van der Waals surface area contributed by atoms with E-state index in [0.29, 0.717) is 16.3 Å². The fourth-order valence-electron chi connectivity index (χ4n) is 2.98. The Kier molecular flexibility index (Phi) is 6.74. The summed E-state index contributed by atoms with van der Waals surface area (Å²) in [7, 11) is 0. The summed E-state index contributed by atoms with van der Waals surface area (Å²) >= 11 is 5.88. The van der Waals surface area contributed by atoms with Gasteiger partial charge in [-0.05, 0) is 30.7 Å². The molecule has 0 aliphatic heterocycles. The van der Waals surface area contributed by atoms with Crippen molar-refractivity contribution in [3.05, 3.63) is 81.1 Å². The number of carboxylic acid groups (broad SMARTS) is 1. The van der Waals surface area contributed by atoms with Crippen LogP contribution in [0.4, 0.5) is 13.2 Å². The summed E-state index contributed by atoms with van der Waals surface area (Å²) in [5.74, 6) is -1.07. The van der Waals surface area contributed by atoms with Gasteiger partial charge in [0, 0.05) is 29.5 Å². The lowest BCUT2D eigenvalue weighted by atomic mass is 10.1. The van der Waals surface area contributed by atoms with Crippen molar-refractivity contribution in [2.45, 2.75) is 32.0 Å². The smallest absolute Gasteiger partial charge is 0.389 e. The average molecular weight is 452 g/mol. The number of hydrogen-bond donors (Lipinski definition) is 1. The van der Waals surface area contributed by atoms with Crippen molar-refractivity contribution >= 4 is 17.6 Å². The number of alkyl halides is 3. The van der Waals surface area contributed by atoms with Crippen LogP contribution in [0.25, 0.3) is 11.3 Å². The molecule has 0 unspecified atom stereocenters. The molecule has 3 aromatic rings. The molecule has 0 atom stereocenters. The van der Waals surface area contributed by atoms with Crippen LogP contribution in [0.2, 0.25) is 5.02 Å². The number of nitrogens with zero attached hydrogens (tertiary/aromatic N) is 3. The molecule has 6 nitrogen and oxygen atoms in total. The van der Waals surface area contributed by atoms with E-state index in [1.807, 2.05) is 0 Å². The molecule has 0 fully saturated rings. The minimum atomic E-state index is -4.32. The number of aromatic carboxylic acids is 1. The Labute approximate surface area is 180 Å². The summed E-state index contributed by atoms with van der Waals surface area (Å²) in [4.78, 5) is 32.3. The maximum atomic E-state index is 12.8. The lowest BCUT2D eigenvalue weighted by Crippen LogP contribution is -2.26. The van der Waals surface area contributed by atoms with Gasteiger partial charge in [-0.2, -0.15) is 13.2 Å². The Morgan fingerprint density at radius 2 is 1.81 bits per heavy atom. The van der Waals surface area contributed by atoms with E-state index < -0.39 is 24.1 Å². The number of carboxylic acids is 1. The van der Waals surface area contributed by atoms with Gasteiger partial charge in [0.25, 0.3) is 5.56 Å². The van der Waals surface area contributed by atoms with Crippen LogP contribution in [0.15, 0.2) is 53.3 Å². The predicted octanol–water partition coefficient (Wildman–Crippen LogP) is 4.59. The van der Waals surface area contributed by atoms with E-state index >= 15 is 0 Å². The lowest BCUT2D eigenvalue weighted by molar-refractivity contribution is -0.135. The molecule has 0 bridgehead atoms. The number of halogens is 4. The van der Waals surface area contributed by atoms with Gasteiger partial charge in [0.05, 0.1) is 17.9 Å². The summed E-state index contributed by atoms with van der Waals surface area (Å²) in [5, 5.41) is 9.59. The molecule has 0 saturated carbocycles. The van der Waals surface area contributed by atoms with Crippen LogP contribution < -0.4 is 5.56 Å². The number of benzene rings is 1.